The number of nitrogens with zero attached hydrogens (tertiary/aromatic N) is 2. The van der Waals surface area contributed by atoms with E-state index in [1.165, 1.54) is 0 Å². The number of aromatic nitrogens is 1. The van der Waals surface area contributed by atoms with Crippen LogP contribution in [0.25, 0.3) is 10.9 Å². The van der Waals surface area contributed by atoms with Crippen molar-refractivity contribution in [1.82, 2.24) is 4.98 Å². The number of hydrogen-bond acceptors (Lipinski definition) is 3. The lowest BCUT2D eigenvalue weighted by Crippen LogP contribution is -2.32. The van der Waals surface area contributed by atoms with Gasteiger partial charge in [-0.15, -0.1) is 0 Å². The van der Waals surface area contributed by atoms with Crippen molar-refractivity contribution in [2.24, 2.45) is 5.92 Å². The highest BCUT2D eigenvalue weighted by atomic mass is 16.4. The van der Waals surface area contributed by atoms with Crippen molar-refractivity contribution in [3.05, 3.63) is 35.9 Å². The van der Waals surface area contributed by atoms with E-state index >= 15 is 0 Å². The van der Waals surface area contributed by atoms with Gasteiger partial charge in [0, 0.05) is 18.5 Å². The fourth-order valence-electron chi connectivity index (χ4n) is 2.58. The molecule has 112 valence electrons. The van der Waals surface area contributed by atoms with E-state index in [1.54, 1.807) is 6.07 Å². The molecule has 4 heteroatoms. The van der Waals surface area contributed by atoms with Gasteiger partial charge in [-0.25, -0.2) is 9.78 Å². The van der Waals surface area contributed by atoms with Gasteiger partial charge in [-0.05, 0) is 31.4 Å². The van der Waals surface area contributed by atoms with E-state index < -0.39 is 5.97 Å². The summed E-state index contributed by atoms with van der Waals surface area (Å²) in [6.45, 7) is 6.43. The number of hydrogen-bond donors (Lipinski definition) is 1. The minimum absolute atomic E-state index is 0.233. The predicted octanol–water partition coefficient (Wildman–Crippen LogP) is 3.80. The van der Waals surface area contributed by atoms with Crippen LogP contribution in [0.1, 0.15) is 37.6 Å². The number of aromatic carboxylic acids is 1. The van der Waals surface area contributed by atoms with Crippen molar-refractivity contribution in [2.45, 2.75) is 33.2 Å². The summed E-state index contributed by atoms with van der Waals surface area (Å²) in [5, 5.41) is 10.3. The van der Waals surface area contributed by atoms with E-state index in [2.05, 4.69) is 25.8 Å². The molecule has 1 N–H and O–H groups in total. The summed E-state index contributed by atoms with van der Waals surface area (Å²) in [4.78, 5) is 18.1. The van der Waals surface area contributed by atoms with Crippen molar-refractivity contribution in [3.63, 3.8) is 0 Å². The molecule has 0 aliphatic rings. The average molecular weight is 286 g/mol. The molecule has 0 aliphatic carbocycles. The smallest absolute Gasteiger partial charge is 0.339 e. The molecule has 0 amide bonds. The summed E-state index contributed by atoms with van der Waals surface area (Å²) >= 11 is 0. The first-order valence-corrected chi connectivity index (χ1v) is 7.26. The van der Waals surface area contributed by atoms with Gasteiger partial charge in [-0.1, -0.05) is 32.0 Å². The predicted molar refractivity (Wildman–Crippen MR) is 86.0 cm³/mol. The second-order valence-corrected chi connectivity index (χ2v) is 5.95. The quantitative estimate of drug-likeness (QED) is 0.908. The Kier molecular flexibility index (Phi) is 4.46. The summed E-state index contributed by atoms with van der Waals surface area (Å²) in [7, 11) is 1.91. The lowest BCUT2D eigenvalue weighted by atomic mass is 10.0. The van der Waals surface area contributed by atoms with Crippen LogP contribution in [-0.2, 0) is 0 Å². The van der Waals surface area contributed by atoms with E-state index in [1.807, 2.05) is 36.2 Å². The van der Waals surface area contributed by atoms with Crippen LogP contribution in [0, 0.1) is 5.92 Å². The maximum absolute atomic E-state index is 11.5. The standard InChI is InChI=1S/C17H22N2O2/c1-11(2)9-12(3)19(4)16-14(17(20)21)10-13-7-5-6-8-15(13)18-16/h5-8,10-12H,9H2,1-4H3,(H,20,21). The van der Waals surface area contributed by atoms with Gasteiger partial charge in [0.05, 0.1) is 5.52 Å². The Morgan fingerprint density at radius 1 is 1.29 bits per heavy atom. The van der Waals surface area contributed by atoms with Gasteiger partial charge in [0.25, 0.3) is 0 Å². The molecular weight excluding hydrogens is 264 g/mol. The largest absolute Gasteiger partial charge is 0.478 e. The number of rotatable bonds is 5. The molecule has 21 heavy (non-hydrogen) atoms. The fraction of sp³-hybridized carbons (Fsp3) is 0.412. The fourth-order valence-corrected chi connectivity index (χ4v) is 2.58. The van der Waals surface area contributed by atoms with E-state index in [0.29, 0.717) is 11.7 Å². The van der Waals surface area contributed by atoms with E-state index in [0.717, 1.165) is 17.3 Å². The first kappa shape index (κ1) is 15.3. The van der Waals surface area contributed by atoms with Crippen LogP contribution >= 0.6 is 0 Å². The molecule has 4 nitrogen and oxygen atoms in total. The van der Waals surface area contributed by atoms with Crippen LogP contribution in [0.5, 0.6) is 0 Å². The third-order valence-electron chi connectivity index (χ3n) is 3.74. The van der Waals surface area contributed by atoms with Crippen LogP contribution in [0.2, 0.25) is 0 Å². The van der Waals surface area contributed by atoms with E-state index in [4.69, 9.17) is 0 Å². The number of carboxylic acids is 1. The normalized spacial score (nSPS) is 12.6. The number of carbonyl (C=O) groups is 1. The second-order valence-electron chi connectivity index (χ2n) is 5.95. The molecule has 0 fully saturated rings. The Balaban J connectivity index is 2.50. The molecule has 0 aliphatic heterocycles. The van der Waals surface area contributed by atoms with Gasteiger partial charge in [-0.2, -0.15) is 0 Å². The molecule has 0 saturated carbocycles. The molecule has 2 aromatic rings. The van der Waals surface area contributed by atoms with Crippen LogP contribution in [0.3, 0.4) is 0 Å². The average Bonchev–Trinajstić information content (AvgIpc) is 2.44. The van der Waals surface area contributed by atoms with E-state index in [9.17, 15) is 9.90 Å². The van der Waals surface area contributed by atoms with Crippen molar-refractivity contribution in [1.29, 1.82) is 0 Å². The molecular formula is C17H22N2O2. The number of pyridine rings is 1. The molecule has 0 bridgehead atoms. The minimum Gasteiger partial charge on any atom is -0.478 e. The number of benzene rings is 1. The molecule has 0 radical (unpaired) electrons. The first-order chi connectivity index (χ1) is 9.90. The Morgan fingerprint density at radius 2 is 1.95 bits per heavy atom. The summed E-state index contributed by atoms with van der Waals surface area (Å²) in [6, 6.07) is 9.54. The van der Waals surface area contributed by atoms with Crippen molar-refractivity contribution >= 4 is 22.7 Å². The Bertz CT molecular complexity index is 652. The van der Waals surface area contributed by atoms with Crippen molar-refractivity contribution in [2.75, 3.05) is 11.9 Å². The van der Waals surface area contributed by atoms with E-state index in [-0.39, 0.29) is 11.6 Å². The molecule has 1 aromatic carbocycles. The summed E-state index contributed by atoms with van der Waals surface area (Å²) < 4.78 is 0. The highest BCUT2D eigenvalue weighted by molar-refractivity contribution is 5.98. The number of fused-ring (bicyclic) bond motifs is 1. The molecule has 1 atom stereocenters. The lowest BCUT2D eigenvalue weighted by Gasteiger charge is -2.28. The topological polar surface area (TPSA) is 53.4 Å². The van der Waals surface area contributed by atoms with Gasteiger partial charge in [0.2, 0.25) is 0 Å². The Labute approximate surface area is 125 Å². The van der Waals surface area contributed by atoms with Gasteiger partial charge in [0.15, 0.2) is 0 Å². The Hall–Kier alpha value is -2.10. The highest BCUT2D eigenvalue weighted by Crippen LogP contribution is 2.25. The zero-order chi connectivity index (χ0) is 15.6. The van der Waals surface area contributed by atoms with Crippen LogP contribution in [0.4, 0.5) is 5.82 Å². The van der Waals surface area contributed by atoms with Crippen molar-refractivity contribution < 1.29 is 9.90 Å². The third-order valence-corrected chi connectivity index (χ3v) is 3.74. The van der Waals surface area contributed by atoms with Crippen LogP contribution < -0.4 is 4.90 Å². The second kappa shape index (κ2) is 6.12. The lowest BCUT2D eigenvalue weighted by molar-refractivity contribution is 0.0697. The van der Waals surface area contributed by atoms with Crippen LogP contribution in [-0.4, -0.2) is 29.1 Å². The number of para-hydroxylation sites is 1. The van der Waals surface area contributed by atoms with Crippen LogP contribution in [0.15, 0.2) is 30.3 Å². The molecule has 0 saturated heterocycles. The molecule has 2 rings (SSSR count). The number of carboxylic acid groups (broad SMARTS) is 1. The summed E-state index contributed by atoms with van der Waals surface area (Å²) in [6.07, 6.45) is 0.990. The third kappa shape index (κ3) is 3.32. The summed E-state index contributed by atoms with van der Waals surface area (Å²) in [5.74, 6) is 0.150. The summed E-state index contributed by atoms with van der Waals surface area (Å²) in [5.41, 5.74) is 1.08. The van der Waals surface area contributed by atoms with Gasteiger partial charge in [0.1, 0.15) is 11.4 Å². The molecule has 1 aromatic heterocycles. The maximum atomic E-state index is 11.5. The molecule has 1 unspecified atom stereocenters. The van der Waals surface area contributed by atoms with Crippen molar-refractivity contribution in [3.8, 4) is 0 Å². The van der Waals surface area contributed by atoms with Gasteiger partial charge in [-0.3, -0.25) is 0 Å². The minimum atomic E-state index is -0.938. The molecule has 0 spiro atoms. The Morgan fingerprint density at radius 3 is 2.57 bits per heavy atom. The maximum Gasteiger partial charge on any atom is 0.339 e. The zero-order valence-corrected chi connectivity index (χ0v) is 13.0. The van der Waals surface area contributed by atoms with Gasteiger partial charge >= 0.3 is 5.97 Å². The highest BCUT2D eigenvalue weighted by Gasteiger charge is 2.20. The monoisotopic (exact) mass is 286 g/mol. The van der Waals surface area contributed by atoms with Gasteiger partial charge < -0.3 is 10.0 Å². The first-order valence-electron chi connectivity index (χ1n) is 7.26. The zero-order valence-electron chi connectivity index (χ0n) is 13.0. The number of anilines is 1. The molecule has 1 heterocycles. The SMILES string of the molecule is CC(C)CC(C)N(C)c1nc2ccccc2cc1C(=O)O.